The Labute approximate surface area is 89.4 Å². The number of hydrogen-bond donors (Lipinski definition) is 1. The molecule has 1 fully saturated rings. The van der Waals surface area contributed by atoms with E-state index in [2.05, 4.69) is 10.4 Å². The van der Waals surface area contributed by atoms with Crippen LogP contribution in [0, 0.1) is 0 Å². The molecule has 0 spiro atoms. The molecule has 1 saturated heterocycles. The summed E-state index contributed by atoms with van der Waals surface area (Å²) in [5.74, 6) is 0. The standard InChI is InChI=1S/C10H17N3O2/c1-14-5-3-13-7-10(6-11-13)12-9-2-4-15-8-9/h6-7,9,12H,2-5,8H2,1H3. The zero-order chi connectivity index (χ0) is 10.5. The Bertz CT molecular complexity index is 295. The molecule has 15 heavy (non-hydrogen) atoms. The summed E-state index contributed by atoms with van der Waals surface area (Å²) in [5.41, 5.74) is 1.06. The second kappa shape index (κ2) is 5.14. The van der Waals surface area contributed by atoms with Gasteiger partial charge in [-0.3, -0.25) is 4.68 Å². The second-order valence-electron chi connectivity index (χ2n) is 3.69. The van der Waals surface area contributed by atoms with Crippen molar-refractivity contribution in [3.63, 3.8) is 0 Å². The van der Waals surface area contributed by atoms with Gasteiger partial charge in [0.05, 0.1) is 37.7 Å². The van der Waals surface area contributed by atoms with Gasteiger partial charge in [0, 0.05) is 19.9 Å². The lowest BCUT2D eigenvalue weighted by Crippen LogP contribution is -2.18. The molecule has 1 aromatic heterocycles. The maximum atomic E-state index is 5.29. The SMILES string of the molecule is COCCn1cc(NC2CCOC2)cn1. The summed E-state index contributed by atoms with van der Waals surface area (Å²) in [6.07, 6.45) is 4.91. The first-order valence-electron chi connectivity index (χ1n) is 5.24. The molecule has 1 aliphatic heterocycles. The number of methoxy groups -OCH3 is 1. The molecule has 5 heteroatoms. The largest absolute Gasteiger partial charge is 0.383 e. The Morgan fingerprint density at radius 3 is 3.40 bits per heavy atom. The van der Waals surface area contributed by atoms with Gasteiger partial charge in [-0.2, -0.15) is 5.10 Å². The molecule has 1 N–H and O–H groups in total. The van der Waals surface area contributed by atoms with Crippen LogP contribution in [0.3, 0.4) is 0 Å². The second-order valence-corrected chi connectivity index (χ2v) is 3.69. The lowest BCUT2D eigenvalue weighted by molar-refractivity contribution is 0.183. The zero-order valence-electron chi connectivity index (χ0n) is 8.98. The molecule has 1 unspecified atom stereocenters. The van der Waals surface area contributed by atoms with E-state index in [1.165, 1.54) is 0 Å². The van der Waals surface area contributed by atoms with Gasteiger partial charge in [-0.05, 0) is 6.42 Å². The Morgan fingerprint density at radius 1 is 1.73 bits per heavy atom. The highest BCUT2D eigenvalue weighted by Crippen LogP contribution is 2.12. The zero-order valence-corrected chi connectivity index (χ0v) is 8.98. The van der Waals surface area contributed by atoms with Gasteiger partial charge < -0.3 is 14.8 Å². The molecule has 0 bridgehead atoms. The summed E-state index contributed by atoms with van der Waals surface area (Å²) in [7, 11) is 1.69. The van der Waals surface area contributed by atoms with Crippen LogP contribution in [0.4, 0.5) is 5.69 Å². The molecule has 5 nitrogen and oxygen atoms in total. The minimum absolute atomic E-state index is 0.435. The molecule has 84 valence electrons. The van der Waals surface area contributed by atoms with Gasteiger partial charge in [0.2, 0.25) is 0 Å². The minimum Gasteiger partial charge on any atom is -0.383 e. The predicted molar refractivity (Wildman–Crippen MR) is 56.9 cm³/mol. The van der Waals surface area contributed by atoms with E-state index in [4.69, 9.17) is 9.47 Å². The molecule has 0 amide bonds. The quantitative estimate of drug-likeness (QED) is 0.780. The van der Waals surface area contributed by atoms with Gasteiger partial charge >= 0.3 is 0 Å². The van der Waals surface area contributed by atoms with Crippen LogP contribution in [0.25, 0.3) is 0 Å². The molecule has 2 rings (SSSR count). The number of aromatic nitrogens is 2. The van der Waals surface area contributed by atoms with Crippen LogP contribution in [-0.4, -0.2) is 42.8 Å². The van der Waals surface area contributed by atoms with Crippen molar-refractivity contribution in [2.24, 2.45) is 0 Å². The lowest BCUT2D eigenvalue weighted by atomic mass is 10.2. The van der Waals surface area contributed by atoms with Gasteiger partial charge in [-0.1, -0.05) is 0 Å². The topological polar surface area (TPSA) is 48.3 Å². The average molecular weight is 211 g/mol. The van der Waals surface area contributed by atoms with Crippen LogP contribution in [-0.2, 0) is 16.0 Å². The first-order valence-corrected chi connectivity index (χ1v) is 5.24. The summed E-state index contributed by atoms with van der Waals surface area (Å²) in [6.45, 7) is 3.13. The molecular weight excluding hydrogens is 194 g/mol. The summed E-state index contributed by atoms with van der Waals surface area (Å²) >= 11 is 0. The van der Waals surface area contributed by atoms with E-state index in [0.717, 1.165) is 31.9 Å². The summed E-state index contributed by atoms with van der Waals surface area (Å²) in [6, 6.07) is 0.435. The highest BCUT2D eigenvalue weighted by molar-refractivity contribution is 5.39. The summed E-state index contributed by atoms with van der Waals surface area (Å²) in [5, 5.41) is 7.62. The van der Waals surface area contributed by atoms with E-state index in [9.17, 15) is 0 Å². The average Bonchev–Trinajstić information content (AvgIpc) is 2.87. The van der Waals surface area contributed by atoms with Crippen molar-refractivity contribution in [1.29, 1.82) is 0 Å². The summed E-state index contributed by atoms with van der Waals surface area (Å²) in [4.78, 5) is 0. The van der Waals surface area contributed by atoms with Crippen molar-refractivity contribution in [1.82, 2.24) is 9.78 Å². The minimum atomic E-state index is 0.435. The van der Waals surface area contributed by atoms with Crippen LogP contribution in [0.2, 0.25) is 0 Å². The Balaban J connectivity index is 1.83. The fourth-order valence-electron chi connectivity index (χ4n) is 1.63. The maximum Gasteiger partial charge on any atom is 0.0729 e. The van der Waals surface area contributed by atoms with Crippen molar-refractivity contribution in [3.05, 3.63) is 12.4 Å². The van der Waals surface area contributed by atoms with Crippen molar-refractivity contribution >= 4 is 5.69 Å². The first-order chi connectivity index (χ1) is 7.38. The third kappa shape index (κ3) is 2.94. The molecule has 1 aliphatic rings. The van der Waals surface area contributed by atoms with E-state index in [1.54, 1.807) is 7.11 Å². The van der Waals surface area contributed by atoms with Gasteiger partial charge in [0.15, 0.2) is 0 Å². The Kier molecular flexibility index (Phi) is 3.58. The van der Waals surface area contributed by atoms with Crippen LogP contribution in [0.5, 0.6) is 0 Å². The number of ether oxygens (including phenoxy) is 2. The number of nitrogens with one attached hydrogen (secondary N) is 1. The third-order valence-electron chi connectivity index (χ3n) is 2.46. The van der Waals surface area contributed by atoms with Gasteiger partial charge in [0.25, 0.3) is 0 Å². The van der Waals surface area contributed by atoms with Gasteiger partial charge in [-0.15, -0.1) is 0 Å². The highest BCUT2D eigenvalue weighted by atomic mass is 16.5. The van der Waals surface area contributed by atoms with Crippen LogP contribution < -0.4 is 5.32 Å². The van der Waals surface area contributed by atoms with Crippen LogP contribution in [0.15, 0.2) is 12.4 Å². The van der Waals surface area contributed by atoms with E-state index >= 15 is 0 Å². The Morgan fingerprint density at radius 2 is 2.67 bits per heavy atom. The molecule has 2 heterocycles. The monoisotopic (exact) mass is 211 g/mol. The molecule has 0 aliphatic carbocycles. The fraction of sp³-hybridized carbons (Fsp3) is 0.700. The van der Waals surface area contributed by atoms with E-state index in [-0.39, 0.29) is 0 Å². The van der Waals surface area contributed by atoms with E-state index in [1.807, 2.05) is 17.1 Å². The third-order valence-corrected chi connectivity index (χ3v) is 2.46. The number of anilines is 1. The molecule has 1 aromatic rings. The number of rotatable bonds is 5. The molecule has 0 radical (unpaired) electrons. The number of hydrogen-bond acceptors (Lipinski definition) is 4. The van der Waals surface area contributed by atoms with Crippen molar-refractivity contribution < 1.29 is 9.47 Å². The van der Waals surface area contributed by atoms with Crippen LogP contribution >= 0.6 is 0 Å². The normalized spacial score (nSPS) is 20.7. The molecular formula is C10H17N3O2. The highest BCUT2D eigenvalue weighted by Gasteiger charge is 2.15. The van der Waals surface area contributed by atoms with E-state index < -0.39 is 0 Å². The smallest absolute Gasteiger partial charge is 0.0729 e. The fourth-order valence-corrected chi connectivity index (χ4v) is 1.63. The van der Waals surface area contributed by atoms with Crippen molar-refractivity contribution in [2.75, 3.05) is 32.2 Å². The molecule has 1 atom stereocenters. The Hall–Kier alpha value is -1.07. The van der Waals surface area contributed by atoms with Crippen LogP contribution in [0.1, 0.15) is 6.42 Å². The molecule has 0 saturated carbocycles. The van der Waals surface area contributed by atoms with Gasteiger partial charge in [0.1, 0.15) is 0 Å². The van der Waals surface area contributed by atoms with Crippen molar-refractivity contribution in [3.8, 4) is 0 Å². The predicted octanol–water partition coefficient (Wildman–Crippen LogP) is 0.730. The summed E-state index contributed by atoms with van der Waals surface area (Å²) < 4.78 is 12.2. The first kappa shape index (κ1) is 10.4. The van der Waals surface area contributed by atoms with Crippen molar-refractivity contribution in [2.45, 2.75) is 19.0 Å². The lowest BCUT2D eigenvalue weighted by Gasteiger charge is -2.08. The van der Waals surface area contributed by atoms with E-state index in [0.29, 0.717) is 12.6 Å². The van der Waals surface area contributed by atoms with Gasteiger partial charge in [-0.25, -0.2) is 0 Å². The maximum absolute atomic E-state index is 5.29. The number of nitrogens with zero attached hydrogens (tertiary/aromatic N) is 2. The molecule has 0 aromatic carbocycles.